The SMILES string of the molecule is Cn1ncc(C(=O)O)c1C1CCS(=O)(=O)C1(C)C. The molecule has 7 heteroatoms. The number of aryl methyl sites for hydroxylation is 1. The fourth-order valence-electron chi connectivity index (χ4n) is 2.59. The third-order valence-electron chi connectivity index (χ3n) is 3.86. The number of carbonyl (C=O) groups is 1. The van der Waals surface area contributed by atoms with Crippen molar-refractivity contribution in [3.63, 3.8) is 0 Å². The zero-order chi connectivity index (χ0) is 13.7. The van der Waals surface area contributed by atoms with Crippen LogP contribution in [0, 0.1) is 0 Å². The Balaban J connectivity index is 2.58. The molecule has 0 saturated carbocycles. The first kappa shape index (κ1) is 13.1. The van der Waals surface area contributed by atoms with Crippen molar-refractivity contribution in [3.05, 3.63) is 17.5 Å². The monoisotopic (exact) mass is 272 g/mol. The normalized spacial score (nSPS) is 25.2. The summed E-state index contributed by atoms with van der Waals surface area (Å²) in [7, 11) is -1.55. The van der Waals surface area contributed by atoms with Crippen LogP contribution in [0.4, 0.5) is 0 Å². The number of carboxylic acid groups (broad SMARTS) is 1. The zero-order valence-electron chi connectivity index (χ0n) is 10.5. The number of rotatable bonds is 2. The third-order valence-corrected chi connectivity index (χ3v) is 6.52. The summed E-state index contributed by atoms with van der Waals surface area (Å²) in [4.78, 5) is 11.2. The molecule has 0 spiro atoms. The van der Waals surface area contributed by atoms with E-state index in [1.54, 1.807) is 20.9 Å². The second-order valence-electron chi connectivity index (χ2n) is 5.14. The molecule has 18 heavy (non-hydrogen) atoms. The Morgan fingerprint density at radius 2 is 2.17 bits per heavy atom. The van der Waals surface area contributed by atoms with Crippen molar-refractivity contribution in [2.75, 3.05) is 5.75 Å². The average Bonchev–Trinajstić information content (AvgIpc) is 2.68. The second-order valence-corrected chi connectivity index (χ2v) is 7.83. The Bertz CT molecular complexity index is 601. The Labute approximate surface area is 106 Å². The molecule has 1 aliphatic heterocycles. The van der Waals surface area contributed by atoms with Gasteiger partial charge in [0, 0.05) is 13.0 Å². The largest absolute Gasteiger partial charge is 0.478 e. The number of aromatic nitrogens is 2. The van der Waals surface area contributed by atoms with Crippen LogP contribution in [0.1, 0.15) is 42.2 Å². The molecule has 6 nitrogen and oxygen atoms in total. The molecule has 1 atom stereocenters. The lowest BCUT2D eigenvalue weighted by atomic mass is 9.87. The zero-order valence-corrected chi connectivity index (χ0v) is 11.4. The summed E-state index contributed by atoms with van der Waals surface area (Å²) >= 11 is 0. The maximum Gasteiger partial charge on any atom is 0.339 e. The first-order valence-electron chi connectivity index (χ1n) is 5.66. The first-order chi connectivity index (χ1) is 8.18. The van der Waals surface area contributed by atoms with Gasteiger partial charge in [0.15, 0.2) is 9.84 Å². The highest BCUT2D eigenvalue weighted by Gasteiger charge is 2.50. The van der Waals surface area contributed by atoms with Crippen molar-refractivity contribution < 1.29 is 18.3 Å². The Morgan fingerprint density at radius 3 is 2.61 bits per heavy atom. The van der Waals surface area contributed by atoms with Crippen LogP contribution in [0.2, 0.25) is 0 Å². The third kappa shape index (κ3) is 1.65. The predicted molar refractivity (Wildman–Crippen MR) is 65.4 cm³/mol. The van der Waals surface area contributed by atoms with Crippen molar-refractivity contribution in [1.82, 2.24) is 9.78 Å². The van der Waals surface area contributed by atoms with Crippen molar-refractivity contribution >= 4 is 15.8 Å². The molecule has 1 unspecified atom stereocenters. The molecular weight excluding hydrogens is 256 g/mol. The topological polar surface area (TPSA) is 89.3 Å². The molecule has 0 bridgehead atoms. The van der Waals surface area contributed by atoms with Crippen molar-refractivity contribution in [3.8, 4) is 0 Å². The molecule has 1 fully saturated rings. The minimum atomic E-state index is -3.19. The minimum absolute atomic E-state index is 0.0904. The molecule has 0 aromatic carbocycles. The van der Waals surface area contributed by atoms with Gasteiger partial charge in [0.1, 0.15) is 5.56 Å². The van der Waals surface area contributed by atoms with E-state index in [2.05, 4.69) is 5.10 Å². The highest BCUT2D eigenvalue weighted by molar-refractivity contribution is 7.93. The molecule has 0 radical (unpaired) electrons. The molecule has 1 aromatic rings. The summed E-state index contributed by atoms with van der Waals surface area (Å²) in [5, 5.41) is 13.1. The van der Waals surface area contributed by atoms with E-state index in [0.717, 1.165) is 0 Å². The second kappa shape index (κ2) is 3.81. The van der Waals surface area contributed by atoms with E-state index in [9.17, 15) is 13.2 Å². The van der Waals surface area contributed by atoms with Gasteiger partial charge in [0.2, 0.25) is 0 Å². The number of hydrogen-bond acceptors (Lipinski definition) is 4. The van der Waals surface area contributed by atoms with Crippen LogP contribution in [0.5, 0.6) is 0 Å². The lowest BCUT2D eigenvalue weighted by Gasteiger charge is -2.26. The van der Waals surface area contributed by atoms with E-state index in [1.165, 1.54) is 10.9 Å². The molecule has 0 amide bonds. The number of carboxylic acids is 1. The molecule has 100 valence electrons. The maximum absolute atomic E-state index is 12.0. The fraction of sp³-hybridized carbons (Fsp3) is 0.636. The van der Waals surface area contributed by atoms with Gasteiger partial charge in [0.05, 0.1) is 22.4 Å². The number of hydrogen-bond donors (Lipinski definition) is 1. The summed E-state index contributed by atoms with van der Waals surface area (Å²) in [6, 6.07) is 0. The molecular formula is C11H16N2O4S. The molecule has 1 saturated heterocycles. The van der Waals surface area contributed by atoms with Gasteiger partial charge >= 0.3 is 5.97 Å². The van der Waals surface area contributed by atoms with Gasteiger partial charge in [-0.25, -0.2) is 13.2 Å². The van der Waals surface area contributed by atoms with Gasteiger partial charge in [-0.05, 0) is 20.3 Å². The van der Waals surface area contributed by atoms with Crippen LogP contribution in [0.15, 0.2) is 6.20 Å². The molecule has 1 aromatic heterocycles. The van der Waals surface area contributed by atoms with Crippen molar-refractivity contribution in [2.24, 2.45) is 7.05 Å². The highest BCUT2D eigenvalue weighted by atomic mass is 32.2. The van der Waals surface area contributed by atoms with Gasteiger partial charge < -0.3 is 5.11 Å². The van der Waals surface area contributed by atoms with Crippen LogP contribution >= 0.6 is 0 Å². The van der Waals surface area contributed by atoms with E-state index < -0.39 is 20.6 Å². The highest BCUT2D eigenvalue weighted by Crippen LogP contribution is 2.44. The predicted octanol–water partition coefficient (Wildman–Crippen LogP) is 0.799. The Kier molecular flexibility index (Phi) is 2.77. The first-order valence-corrected chi connectivity index (χ1v) is 7.31. The molecule has 1 aliphatic rings. The van der Waals surface area contributed by atoms with Gasteiger partial charge in [-0.1, -0.05) is 0 Å². The van der Waals surface area contributed by atoms with E-state index in [4.69, 9.17) is 5.11 Å². The average molecular weight is 272 g/mol. The Hall–Kier alpha value is -1.37. The summed E-state index contributed by atoms with van der Waals surface area (Å²) in [5.41, 5.74) is 0.584. The van der Waals surface area contributed by atoms with Crippen molar-refractivity contribution in [1.29, 1.82) is 0 Å². The lowest BCUT2D eigenvalue weighted by molar-refractivity contribution is 0.0694. The van der Waals surface area contributed by atoms with Crippen LogP contribution < -0.4 is 0 Å². The quantitative estimate of drug-likeness (QED) is 0.860. The van der Waals surface area contributed by atoms with Gasteiger partial charge in [-0.15, -0.1) is 0 Å². The number of aromatic carboxylic acids is 1. The Morgan fingerprint density at radius 1 is 1.56 bits per heavy atom. The summed E-state index contributed by atoms with van der Waals surface area (Å²) in [6.45, 7) is 3.30. The molecule has 2 rings (SSSR count). The number of nitrogens with zero attached hydrogens (tertiary/aromatic N) is 2. The van der Waals surface area contributed by atoms with Crippen LogP contribution in [-0.2, 0) is 16.9 Å². The summed E-state index contributed by atoms with van der Waals surface area (Å²) in [6.07, 6.45) is 1.72. The smallest absolute Gasteiger partial charge is 0.339 e. The molecule has 1 N–H and O–H groups in total. The number of sulfone groups is 1. The van der Waals surface area contributed by atoms with E-state index in [-0.39, 0.29) is 17.2 Å². The molecule has 2 heterocycles. The van der Waals surface area contributed by atoms with Gasteiger partial charge in [-0.3, -0.25) is 4.68 Å². The van der Waals surface area contributed by atoms with Crippen LogP contribution in [0.25, 0.3) is 0 Å². The van der Waals surface area contributed by atoms with Gasteiger partial charge in [-0.2, -0.15) is 5.10 Å². The lowest BCUT2D eigenvalue weighted by Crippen LogP contribution is -2.33. The van der Waals surface area contributed by atoms with Crippen LogP contribution in [-0.4, -0.2) is 39.8 Å². The fourth-order valence-corrected chi connectivity index (χ4v) is 4.33. The summed E-state index contributed by atoms with van der Waals surface area (Å²) in [5.74, 6) is -1.31. The van der Waals surface area contributed by atoms with E-state index in [1.807, 2.05) is 0 Å². The standard InChI is InChI=1S/C11H16N2O4S/c1-11(2)8(4-5-18(11,16)17)9-7(10(14)15)6-12-13(9)3/h6,8H,4-5H2,1-3H3,(H,14,15). The van der Waals surface area contributed by atoms with E-state index in [0.29, 0.717) is 12.1 Å². The van der Waals surface area contributed by atoms with Crippen LogP contribution in [0.3, 0.4) is 0 Å². The minimum Gasteiger partial charge on any atom is -0.478 e. The van der Waals surface area contributed by atoms with E-state index >= 15 is 0 Å². The molecule has 0 aliphatic carbocycles. The summed E-state index contributed by atoms with van der Waals surface area (Å²) < 4.78 is 24.5. The van der Waals surface area contributed by atoms with Crippen molar-refractivity contribution in [2.45, 2.75) is 30.9 Å². The van der Waals surface area contributed by atoms with Gasteiger partial charge in [0.25, 0.3) is 0 Å². The maximum atomic E-state index is 12.0.